The summed E-state index contributed by atoms with van der Waals surface area (Å²) >= 11 is 0. The maximum Gasteiger partial charge on any atom is 0.0208 e. The van der Waals surface area contributed by atoms with Crippen LogP contribution in [-0.2, 0) is 6.54 Å². The van der Waals surface area contributed by atoms with Crippen LogP contribution in [0, 0.1) is 25.7 Å². The lowest BCUT2D eigenvalue weighted by atomic mass is 9.98. The lowest BCUT2D eigenvalue weighted by Crippen LogP contribution is -2.24. The number of hydrogen-bond donors (Lipinski definition) is 1. The SMILES string of the molecule is Cc1ccc(CNC[C@@H](C)C(C)C)c(C)c1. The minimum absolute atomic E-state index is 0.741. The molecule has 0 aliphatic carbocycles. The van der Waals surface area contributed by atoms with Gasteiger partial charge < -0.3 is 5.32 Å². The average molecular weight is 219 g/mol. The summed E-state index contributed by atoms with van der Waals surface area (Å²) in [6.45, 7) is 13.3. The molecular formula is C15H25N. The Morgan fingerprint density at radius 1 is 1.12 bits per heavy atom. The van der Waals surface area contributed by atoms with Crippen molar-refractivity contribution in [1.29, 1.82) is 0 Å². The van der Waals surface area contributed by atoms with Gasteiger partial charge in [-0.1, -0.05) is 44.5 Å². The molecule has 1 N–H and O–H groups in total. The van der Waals surface area contributed by atoms with Crippen molar-refractivity contribution in [3.63, 3.8) is 0 Å². The third-order valence-electron chi connectivity index (χ3n) is 3.42. The van der Waals surface area contributed by atoms with E-state index >= 15 is 0 Å². The molecule has 0 amide bonds. The first-order valence-electron chi connectivity index (χ1n) is 6.27. The van der Waals surface area contributed by atoms with Crippen molar-refractivity contribution in [3.05, 3.63) is 34.9 Å². The first-order valence-corrected chi connectivity index (χ1v) is 6.27. The Hall–Kier alpha value is -0.820. The molecule has 1 nitrogen and oxygen atoms in total. The zero-order chi connectivity index (χ0) is 12.1. The van der Waals surface area contributed by atoms with E-state index in [1.165, 1.54) is 16.7 Å². The van der Waals surface area contributed by atoms with E-state index in [0.717, 1.165) is 24.9 Å². The number of hydrogen-bond acceptors (Lipinski definition) is 1. The van der Waals surface area contributed by atoms with Crippen molar-refractivity contribution in [2.75, 3.05) is 6.54 Å². The highest BCUT2D eigenvalue weighted by molar-refractivity contribution is 5.30. The Morgan fingerprint density at radius 2 is 1.81 bits per heavy atom. The normalized spacial score (nSPS) is 13.1. The molecule has 0 heterocycles. The van der Waals surface area contributed by atoms with Gasteiger partial charge in [0.25, 0.3) is 0 Å². The van der Waals surface area contributed by atoms with Crippen LogP contribution in [0.4, 0.5) is 0 Å². The molecule has 0 bridgehead atoms. The molecule has 1 rings (SSSR count). The van der Waals surface area contributed by atoms with Crippen LogP contribution in [0.2, 0.25) is 0 Å². The van der Waals surface area contributed by atoms with Gasteiger partial charge in [-0.15, -0.1) is 0 Å². The summed E-state index contributed by atoms with van der Waals surface area (Å²) in [5, 5.41) is 3.54. The Kier molecular flexibility index (Phi) is 5.01. The van der Waals surface area contributed by atoms with Crippen molar-refractivity contribution in [2.24, 2.45) is 11.8 Å². The van der Waals surface area contributed by atoms with Gasteiger partial charge in [0.05, 0.1) is 0 Å². The van der Waals surface area contributed by atoms with Crippen LogP contribution in [0.3, 0.4) is 0 Å². The molecule has 0 spiro atoms. The standard InChI is InChI=1S/C15H25N/c1-11(2)14(5)9-16-10-15-7-6-12(3)8-13(15)4/h6-8,11,14,16H,9-10H2,1-5H3/t14-/m1/s1. The zero-order valence-corrected chi connectivity index (χ0v) is 11.3. The maximum atomic E-state index is 3.54. The smallest absolute Gasteiger partial charge is 0.0208 e. The fraction of sp³-hybridized carbons (Fsp3) is 0.600. The third kappa shape index (κ3) is 3.97. The lowest BCUT2D eigenvalue weighted by Gasteiger charge is -2.16. The predicted octanol–water partition coefficient (Wildman–Crippen LogP) is 3.69. The highest BCUT2D eigenvalue weighted by Gasteiger charge is 2.06. The molecule has 1 aromatic rings. The number of nitrogens with one attached hydrogen (secondary N) is 1. The largest absolute Gasteiger partial charge is 0.312 e. The van der Waals surface area contributed by atoms with Gasteiger partial charge in [0.1, 0.15) is 0 Å². The molecule has 0 radical (unpaired) electrons. The van der Waals surface area contributed by atoms with E-state index in [1.54, 1.807) is 0 Å². The molecule has 0 fully saturated rings. The van der Waals surface area contributed by atoms with Crippen LogP contribution in [0.5, 0.6) is 0 Å². The third-order valence-corrected chi connectivity index (χ3v) is 3.42. The highest BCUT2D eigenvalue weighted by Crippen LogP contribution is 2.11. The van der Waals surface area contributed by atoms with Crippen molar-refractivity contribution in [2.45, 2.75) is 41.2 Å². The molecule has 0 aliphatic heterocycles. The van der Waals surface area contributed by atoms with E-state index in [9.17, 15) is 0 Å². The topological polar surface area (TPSA) is 12.0 Å². The molecule has 0 aliphatic rings. The van der Waals surface area contributed by atoms with Crippen LogP contribution in [0.25, 0.3) is 0 Å². The molecule has 0 saturated carbocycles. The van der Waals surface area contributed by atoms with Gasteiger partial charge in [0.2, 0.25) is 0 Å². The molecule has 0 saturated heterocycles. The fourth-order valence-electron chi connectivity index (χ4n) is 1.71. The molecule has 90 valence electrons. The first-order chi connectivity index (χ1) is 7.50. The minimum atomic E-state index is 0.741. The number of aryl methyl sites for hydroxylation is 2. The Bertz CT molecular complexity index is 328. The predicted molar refractivity (Wildman–Crippen MR) is 71.6 cm³/mol. The second-order valence-corrected chi connectivity index (χ2v) is 5.28. The van der Waals surface area contributed by atoms with Gasteiger partial charge in [-0.25, -0.2) is 0 Å². The van der Waals surface area contributed by atoms with E-state index in [-0.39, 0.29) is 0 Å². The van der Waals surface area contributed by atoms with Crippen LogP contribution < -0.4 is 5.32 Å². The summed E-state index contributed by atoms with van der Waals surface area (Å²) in [6, 6.07) is 6.68. The van der Waals surface area contributed by atoms with E-state index < -0.39 is 0 Å². The Morgan fingerprint density at radius 3 is 2.38 bits per heavy atom. The van der Waals surface area contributed by atoms with E-state index in [4.69, 9.17) is 0 Å². The van der Waals surface area contributed by atoms with Crippen molar-refractivity contribution >= 4 is 0 Å². The second-order valence-electron chi connectivity index (χ2n) is 5.28. The molecule has 0 unspecified atom stereocenters. The van der Waals surface area contributed by atoms with Crippen molar-refractivity contribution in [3.8, 4) is 0 Å². The van der Waals surface area contributed by atoms with Gasteiger partial charge in [0, 0.05) is 6.54 Å². The van der Waals surface area contributed by atoms with Crippen LogP contribution in [-0.4, -0.2) is 6.54 Å². The number of rotatable bonds is 5. The summed E-state index contributed by atoms with van der Waals surface area (Å²) in [7, 11) is 0. The Labute approximate surface area is 100 Å². The van der Waals surface area contributed by atoms with Crippen LogP contribution in [0.15, 0.2) is 18.2 Å². The van der Waals surface area contributed by atoms with Gasteiger partial charge in [0.15, 0.2) is 0 Å². The molecular weight excluding hydrogens is 194 g/mol. The van der Waals surface area contributed by atoms with Gasteiger partial charge >= 0.3 is 0 Å². The van der Waals surface area contributed by atoms with Crippen molar-refractivity contribution < 1.29 is 0 Å². The van der Waals surface area contributed by atoms with Crippen molar-refractivity contribution in [1.82, 2.24) is 5.32 Å². The molecule has 0 aromatic heterocycles. The van der Waals surface area contributed by atoms with E-state index in [2.05, 4.69) is 58.1 Å². The summed E-state index contributed by atoms with van der Waals surface area (Å²) < 4.78 is 0. The zero-order valence-electron chi connectivity index (χ0n) is 11.3. The quantitative estimate of drug-likeness (QED) is 0.796. The van der Waals surface area contributed by atoms with Gasteiger partial charge in [-0.05, 0) is 43.4 Å². The van der Waals surface area contributed by atoms with Crippen LogP contribution in [0.1, 0.15) is 37.5 Å². The lowest BCUT2D eigenvalue weighted by molar-refractivity contribution is 0.392. The van der Waals surface area contributed by atoms with Gasteiger partial charge in [-0.3, -0.25) is 0 Å². The maximum absolute atomic E-state index is 3.54. The van der Waals surface area contributed by atoms with Gasteiger partial charge in [-0.2, -0.15) is 0 Å². The van der Waals surface area contributed by atoms with Crippen LogP contribution >= 0.6 is 0 Å². The average Bonchev–Trinajstić information content (AvgIpc) is 2.20. The molecule has 1 atom stereocenters. The molecule has 1 aromatic carbocycles. The summed E-state index contributed by atoms with van der Waals surface area (Å²) in [6.07, 6.45) is 0. The Balaban J connectivity index is 2.43. The van der Waals surface area contributed by atoms with E-state index in [0.29, 0.717) is 0 Å². The molecule has 16 heavy (non-hydrogen) atoms. The number of benzene rings is 1. The monoisotopic (exact) mass is 219 g/mol. The highest BCUT2D eigenvalue weighted by atomic mass is 14.9. The summed E-state index contributed by atoms with van der Waals surface area (Å²) in [5.74, 6) is 1.50. The summed E-state index contributed by atoms with van der Waals surface area (Å²) in [5.41, 5.74) is 4.16. The molecule has 1 heteroatoms. The first kappa shape index (κ1) is 13.2. The fourth-order valence-corrected chi connectivity index (χ4v) is 1.71. The summed E-state index contributed by atoms with van der Waals surface area (Å²) in [4.78, 5) is 0. The van der Waals surface area contributed by atoms with E-state index in [1.807, 2.05) is 0 Å². The second kappa shape index (κ2) is 6.05. The minimum Gasteiger partial charge on any atom is -0.312 e.